The van der Waals surface area contributed by atoms with Gasteiger partial charge in [-0.15, -0.1) is 0 Å². The van der Waals surface area contributed by atoms with Gasteiger partial charge in [-0.3, -0.25) is 0 Å². The molecule has 0 unspecified atom stereocenters. The highest BCUT2D eigenvalue weighted by molar-refractivity contribution is 7.89. The first-order valence-corrected chi connectivity index (χ1v) is 11.2. The largest absolute Gasteiger partial charge is 0.496 e. The number of sulfonamides is 1. The quantitative estimate of drug-likeness (QED) is 0.763. The highest BCUT2D eigenvalue weighted by atomic mass is 32.2. The Morgan fingerprint density at radius 1 is 1.07 bits per heavy atom. The van der Waals surface area contributed by atoms with Crippen LogP contribution < -0.4 is 9.46 Å². The first-order valence-electron chi connectivity index (χ1n) is 9.69. The van der Waals surface area contributed by atoms with Crippen molar-refractivity contribution in [2.45, 2.75) is 42.9 Å². The third-order valence-corrected chi connectivity index (χ3v) is 7.00. The number of hydrogen-bond donors (Lipinski definition) is 1. The van der Waals surface area contributed by atoms with E-state index in [1.165, 1.54) is 0 Å². The lowest BCUT2D eigenvalue weighted by Gasteiger charge is -2.38. The van der Waals surface area contributed by atoms with E-state index in [0.717, 1.165) is 29.7 Å². The maximum Gasteiger partial charge on any atom is 0.240 e. The number of methoxy groups -OCH3 is 1. The van der Waals surface area contributed by atoms with Gasteiger partial charge in [0, 0.05) is 30.7 Å². The van der Waals surface area contributed by atoms with Crippen LogP contribution in [-0.4, -0.2) is 35.3 Å². The molecule has 0 radical (unpaired) electrons. The van der Waals surface area contributed by atoms with E-state index in [2.05, 4.69) is 18.6 Å². The molecule has 152 valence electrons. The predicted molar refractivity (Wildman–Crippen MR) is 110 cm³/mol. The number of nitrogens with one attached hydrogen (secondary N) is 1. The van der Waals surface area contributed by atoms with Crippen molar-refractivity contribution >= 4 is 10.0 Å². The van der Waals surface area contributed by atoms with Gasteiger partial charge < -0.3 is 9.47 Å². The molecule has 1 heterocycles. The van der Waals surface area contributed by atoms with Gasteiger partial charge in [0.2, 0.25) is 10.0 Å². The molecule has 1 fully saturated rings. The molecular formula is C22H29NO4S. The molecule has 0 spiro atoms. The fraction of sp³-hybridized carbons (Fsp3) is 0.455. The van der Waals surface area contributed by atoms with Gasteiger partial charge in [-0.2, -0.15) is 0 Å². The SMILES string of the molecule is COc1ccccc1C1(CNS(=O)(=O)c2ccc(C(C)C)cc2)CCOCC1. The lowest BCUT2D eigenvalue weighted by Crippen LogP contribution is -2.44. The molecule has 0 bridgehead atoms. The van der Waals surface area contributed by atoms with Gasteiger partial charge in [0.05, 0.1) is 12.0 Å². The van der Waals surface area contributed by atoms with Gasteiger partial charge in [0.15, 0.2) is 0 Å². The van der Waals surface area contributed by atoms with E-state index in [9.17, 15) is 8.42 Å². The molecule has 0 aliphatic carbocycles. The van der Waals surface area contributed by atoms with Crippen LogP contribution in [0.5, 0.6) is 5.75 Å². The van der Waals surface area contributed by atoms with E-state index >= 15 is 0 Å². The van der Waals surface area contributed by atoms with Crippen LogP contribution in [0.2, 0.25) is 0 Å². The van der Waals surface area contributed by atoms with Crippen molar-refractivity contribution in [1.82, 2.24) is 4.72 Å². The molecule has 1 N–H and O–H groups in total. The molecule has 1 aliphatic heterocycles. The zero-order valence-electron chi connectivity index (χ0n) is 16.8. The minimum absolute atomic E-state index is 0.291. The summed E-state index contributed by atoms with van der Waals surface area (Å²) in [5.74, 6) is 1.14. The van der Waals surface area contributed by atoms with Gasteiger partial charge in [0.1, 0.15) is 5.75 Å². The molecular weight excluding hydrogens is 374 g/mol. The Bertz CT molecular complexity index is 885. The molecule has 1 aliphatic rings. The molecule has 0 saturated carbocycles. The molecule has 6 heteroatoms. The van der Waals surface area contributed by atoms with Gasteiger partial charge in [-0.25, -0.2) is 13.1 Å². The number of hydrogen-bond acceptors (Lipinski definition) is 4. The normalized spacial score (nSPS) is 16.9. The summed E-state index contributed by atoms with van der Waals surface area (Å²) in [5, 5.41) is 0. The van der Waals surface area contributed by atoms with E-state index in [4.69, 9.17) is 9.47 Å². The Morgan fingerprint density at radius 2 is 1.71 bits per heavy atom. The standard InChI is InChI=1S/C22H29NO4S/c1-17(2)18-8-10-19(11-9-18)28(24,25)23-16-22(12-14-27-15-13-22)20-6-4-5-7-21(20)26-3/h4-11,17,23H,12-16H2,1-3H3. The van der Waals surface area contributed by atoms with Crippen LogP contribution >= 0.6 is 0 Å². The number of para-hydroxylation sites is 1. The smallest absolute Gasteiger partial charge is 0.240 e. The summed E-state index contributed by atoms with van der Waals surface area (Å²) in [6, 6.07) is 15.0. The van der Waals surface area contributed by atoms with E-state index < -0.39 is 10.0 Å². The summed E-state index contributed by atoms with van der Waals surface area (Å²) in [4.78, 5) is 0.291. The average molecular weight is 404 g/mol. The summed E-state index contributed by atoms with van der Waals surface area (Å²) in [5.41, 5.74) is 1.79. The summed E-state index contributed by atoms with van der Waals surface area (Å²) >= 11 is 0. The first-order chi connectivity index (χ1) is 13.4. The van der Waals surface area contributed by atoms with Crippen molar-refractivity contribution in [3.63, 3.8) is 0 Å². The van der Waals surface area contributed by atoms with E-state index in [1.807, 2.05) is 36.4 Å². The van der Waals surface area contributed by atoms with Crippen molar-refractivity contribution < 1.29 is 17.9 Å². The Morgan fingerprint density at radius 3 is 2.32 bits per heavy atom. The minimum atomic E-state index is -3.60. The van der Waals surface area contributed by atoms with Crippen LogP contribution in [0.4, 0.5) is 0 Å². The third-order valence-electron chi connectivity index (χ3n) is 5.59. The molecule has 2 aromatic rings. The van der Waals surface area contributed by atoms with E-state index in [-0.39, 0.29) is 5.41 Å². The number of rotatable bonds is 7. The van der Waals surface area contributed by atoms with Gasteiger partial charge >= 0.3 is 0 Å². The Kier molecular flexibility index (Phi) is 6.43. The van der Waals surface area contributed by atoms with Gasteiger partial charge in [-0.1, -0.05) is 44.2 Å². The molecule has 0 amide bonds. The lowest BCUT2D eigenvalue weighted by atomic mass is 9.74. The Hall–Kier alpha value is -1.89. The van der Waals surface area contributed by atoms with Crippen molar-refractivity contribution in [3.8, 4) is 5.75 Å². The molecule has 0 aromatic heterocycles. The summed E-state index contributed by atoms with van der Waals surface area (Å²) in [7, 11) is -1.95. The fourth-order valence-corrected chi connectivity index (χ4v) is 4.86. The monoisotopic (exact) mass is 403 g/mol. The lowest BCUT2D eigenvalue weighted by molar-refractivity contribution is 0.0509. The number of ether oxygens (including phenoxy) is 2. The Labute approximate surface area is 168 Å². The highest BCUT2D eigenvalue weighted by Gasteiger charge is 2.37. The molecule has 0 atom stereocenters. The van der Waals surface area contributed by atoms with E-state index in [1.54, 1.807) is 19.2 Å². The predicted octanol–water partition coefficient (Wildman–Crippen LogP) is 3.85. The minimum Gasteiger partial charge on any atom is -0.496 e. The summed E-state index contributed by atoms with van der Waals surface area (Å²) < 4.78 is 39.8. The fourth-order valence-electron chi connectivity index (χ4n) is 3.73. The molecule has 2 aromatic carbocycles. The second-order valence-corrected chi connectivity index (χ2v) is 9.41. The van der Waals surface area contributed by atoms with Gasteiger partial charge in [0.25, 0.3) is 0 Å². The Balaban J connectivity index is 1.86. The second-order valence-electron chi connectivity index (χ2n) is 7.64. The van der Waals surface area contributed by atoms with Crippen LogP contribution in [0.25, 0.3) is 0 Å². The van der Waals surface area contributed by atoms with Crippen molar-refractivity contribution in [2.24, 2.45) is 0 Å². The van der Waals surface area contributed by atoms with Crippen LogP contribution in [0, 0.1) is 0 Å². The topological polar surface area (TPSA) is 64.6 Å². The second kappa shape index (κ2) is 8.64. The average Bonchev–Trinajstić information content (AvgIpc) is 2.73. The third kappa shape index (κ3) is 4.40. The summed E-state index contributed by atoms with van der Waals surface area (Å²) in [6.07, 6.45) is 1.48. The maximum atomic E-state index is 12.9. The van der Waals surface area contributed by atoms with Crippen molar-refractivity contribution in [2.75, 3.05) is 26.9 Å². The first kappa shape index (κ1) is 20.8. The van der Waals surface area contributed by atoms with Gasteiger partial charge in [-0.05, 0) is 42.5 Å². The summed E-state index contributed by atoms with van der Waals surface area (Å²) in [6.45, 7) is 5.69. The highest BCUT2D eigenvalue weighted by Crippen LogP contribution is 2.39. The maximum absolute atomic E-state index is 12.9. The molecule has 5 nitrogen and oxygen atoms in total. The van der Waals surface area contributed by atoms with Crippen LogP contribution in [0.3, 0.4) is 0 Å². The van der Waals surface area contributed by atoms with Crippen LogP contribution in [0.15, 0.2) is 53.4 Å². The zero-order chi connectivity index (χ0) is 20.2. The van der Waals surface area contributed by atoms with Crippen molar-refractivity contribution in [1.29, 1.82) is 0 Å². The van der Waals surface area contributed by atoms with E-state index in [0.29, 0.717) is 30.6 Å². The molecule has 28 heavy (non-hydrogen) atoms. The number of benzene rings is 2. The van der Waals surface area contributed by atoms with Crippen LogP contribution in [-0.2, 0) is 20.2 Å². The van der Waals surface area contributed by atoms with Crippen molar-refractivity contribution in [3.05, 3.63) is 59.7 Å². The zero-order valence-corrected chi connectivity index (χ0v) is 17.6. The van der Waals surface area contributed by atoms with Crippen LogP contribution in [0.1, 0.15) is 43.7 Å². The molecule has 3 rings (SSSR count). The molecule has 1 saturated heterocycles.